The molecule has 0 spiro atoms. The van der Waals surface area contributed by atoms with E-state index in [0.29, 0.717) is 18.9 Å². The number of hydrogen-bond donors (Lipinski definition) is 0. The second kappa shape index (κ2) is 26.0. The molecule has 4 heteroatoms. The van der Waals surface area contributed by atoms with Crippen molar-refractivity contribution in [1.82, 2.24) is 0 Å². The van der Waals surface area contributed by atoms with Crippen LogP contribution in [0.25, 0.3) is 0 Å². The Kier molecular flexibility index (Phi) is 24.8. The van der Waals surface area contributed by atoms with Crippen molar-refractivity contribution in [3.8, 4) is 0 Å². The molecule has 34 heavy (non-hydrogen) atoms. The highest BCUT2D eigenvalue weighted by Crippen LogP contribution is 2.13. The molecule has 4 nitrogen and oxygen atoms in total. The highest BCUT2D eigenvalue weighted by Gasteiger charge is 2.07. The largest absolute Gasteiger partial charge is 0.466 e. The first-order chi connectivity index (χ1) is 16.6. The molecule has 0 aliphatic heterocycles. The quantitative estimate of drug-likeness (QED) is 0.0600. The Balaban J connectivity index is 3.47. The van der Waals surface area contributed by atoms with E-state index in [2.05, 4.69) is 26.0 Å². The van der Waals surface area contributed by atoms with Crippen molar-refractivity contribution in [1.29, 1.82) is 0 Å². The molecule has 0 heterocycles. The van der Waals surface area contributed by atoms with E-state index in [4.69, 9.17) is 9.47 Å². The molecule has 0 bridgehead atoms. The molecule has 0 rings (SSSR count). The molecule has 0 N–H and O–H groups in total. The molecule has 1 atom stereocenters. The summed E-state index contributed by atoms with van der Waals surface area (Å²) in [5.74, 6) is -0.0157. The van der Waals surface area contributed by atoms with E-state index in [1.165, 1.54) is 90.4 Å². The van der Waals surface area contributed by atoms with E-state index in [0.717, 1.165) is 32.1 Å². The predicted octanol–water partition coefficient (Wildman–Crippen LogP) is 9.23. The van der Waals surface area contributed by atoms with Crippen LogP contribution in [0, 0.1) is 5.92 Å². The number of carbonyl (C=O) groups excluding carboxylic acids is 2. The van der Waals surface area contributed by atoms with Crippen LogP contribution in [0.3, 0.4) is 0 Å². The zero-order chi connectivity index (χ0) is 25.1. The number of hydrogen-bond acceptors (Lipinski definition) is 4. The summed E-state index contributed by atoms with van der Waals surface area (Å²) in [6.45, 7) is 6.36. The fourth-order valence-corrected chi connectivity index (χ4v) is 3.91. The summed E-state index contributed by atoms with van der Waals surface area (Å²) in [5, 5.41) is 0. The SMILES string of the molecule is CCCCCCCCCCCC/C=C\OC(=O)CC(C)C/C=C\CCCCCCCOC(C)=O. The lowest BCUT2D eigenvalue weighted by molar-refractivity contribution is -0.141. The maximum Gasteiger partial charge on any atom is 0.310 e. The topological polar surface area (TPSA) is 52.6 Å². The van der Waals surface area contributed by atoms with E-state index in [1.54, 1.807) is 6.26 Å². The fourth-order valence-electron chi connectivity index (χ4n) is 3.91. The van der Waals surface area contributed by atoms with Gasteiger partial charge in [-0.15, -0.1) is 0 Å². The summed E-state index contributed by atoms with van der Waals surface area (Å²) in [4.78, 5) is 22.6. The molecule has 0 saturated carbocycles. The van der Waals surface area contributed by atoms with Gasteiger partial charge in [-0.1, -0.05) is 103 Å². The van der Waals surface area contributed by atoms with Crippen molar-refractivity contribution in [2.24, 2.45) is 5.92 Å². The van der Waals surface area contributed by atoms with Gasteiger partial charge in [0.25, 0.3) is 0 Å². The number of carbonyl (C=O) groups is 2. The normalized spacial score (nSPS) is 12.4. The molecular formula is C30H54O4. The molecule has 0 aliphatic carbocycles. The maximum atomic E-state index is 11.9. The molecule has 0 amide bonds. The van der Waals surface area contributed by atoms with E-state index < -0.39 is 0 Å². The standard InChI is InChI=1S/C30H54O4/c1-4-5-6-7-8-9-10-11-13-17-20-23-26-34-30(32)27-28(2)24-21-18-15-12-14-16-19-22-25-33-29(3)31/h18,21,23,26,28H,4-17,19-20,22,24-25,27H2,1-3H3/b21-18-,26-23-. The first-order valence-corrected chi connectivity index (χ1v) is 14.2. The lowest BCUT2D eigenvalue weighted by Gasteiger charge is -2.06. The Labute approximate surface area is 210 Å². The second-order valence-electron chi connectivity index (χ2n) is 9.75. The average Bonchev–Trinajstić information content (AvgIpc) is 2.80. The molecule has 0 aromatic heterocycles. The summed E-state index contributed by atoms with van der Waals surface area (Å²) >= 11 is 0. The van der Waals surface area contributed by atoms with Gasteiger partial charge in [0.15, 0.2) is 0 Å². The van der Waals surface area contributed by atoms with Crippen molar-refractivity contribution in [2.75, 3.05) is 6.61 Å². The van der Waals surface area contributed by atoms with Crippen LogP contribution in [0.15, 0.2) is 24.5 Å². The number of ether oxygens (including phenoxy) is 2. The van der Waals surface area contributed by atoms with Gasteiger partial charge in [0.05, 0.1) is 12.9 Å². The van der Waals surface area contributed by atoms with E-state index >= 15 is 0 Å². The van der Waals surface area contributed by atoms with Gasteiger partial charge >= 0.3 is 11.9 Å². The van der Waals surface area contributed by atoms with Crippen molar-refractivity contribution >= 4 is 11.9 Å². The molecule has 1 unspecified atom stereocenters. The van der Waals surface area contributed by atoms with Crippen molar-refractivity contribution < 1.29 is 19.1 Å². The maximum absolute atomic E-state index is 11.9. The Hall–Kier alpha value is -1.58. The van der Waals surface area contributed by atoms with Crippen LogP contribution in [0.4, 0.5) is 0 Å². The Morgan fingerprint density at radius 1 is 0.706 bits per heavy atom. The Morgan fingerprint density at radius 2 is 1.24 bits per heavy atom. The van der Waals surface area contributed by atoms with Gasteiger partial charge < -0.3 is 9.47 Å². The monoisotopic (exact) mass is 478 g/mol. The first-order valence-electron chi connectivity index (χ1n) is 14.2. The lowest BCUT2D eigenvalue weighted by atomic mass is 10.0. The van der Waals surface area contributed by atoms with Crippen LogP contribution < -0.4 is 0 Å². The second-order valence-corrected chi connectivity index (χ2v) is 9.75. The molecule has 0 saturated heterocycles. The van der Waals surface area contributed by atoms with Gasteiger partial charge in [-0.05, 0) is 50.5 Å². The van der Waals surface area contributed by atoms with Gasteiger partial charge in [0.1, 0.15) is 0 Å². The van der Waals surface area contributed by atoms with Gasteiger partial charge in [0.2, 0.25) is 0 Å². The minimum atomic E-state index is -0.191. The zero-order valence-electron chi connectivity index (χ0n) is 22.7. The van der Waals surface area contributed by atoms with Crippen molar-refractivity contribution in [2.45, 2.75) is 143 Å². The number of rotatable bonds is 24. The van der Waals surface area contributed by atoms with Gasteiger partial charge in [-0.25, -0.2) is 0 Å². The molecule has 0 aromatic carbocycles. The summed E-state index contributed by atoms with van der Waals surface area (Å²) in [5.41, 5.74) is 0. The van der Waals surface area contributed by atoms with Gasteiger partial charge in [-0.3, -0.25) is 9.59 Å². The summed E-state index contributed by atoms with van der Waals surface area (Å²) in [7, 11) is 0. The van der Waals surface area contributed by atoms with E-state index in [9.17, 15) is 9.59 Å². The molecule has 0 radical (unpaired) electrons. The van der Waals surface area contributed by atoms with E-state index in [1.807, 2.05) is 6.08 Å². The predicted molar refractivity (Wildman–Crippen MR) is 144 cm³/mol. The minimum Gasteiger partial charge on any atom is -0.466 e. The molecule has 0 aromatic rings. The third-order valence-electron chi connectivity index (χ3n) is 6.06. The van der Waals surface area contributed by atoms with Gasteiger partial charge in [-0.2, -0.15) is 0 Å². The number of allylic oxidation sites excluding steroid dienone is 3. The first kappa shape index (κ1) is 32.4. The highest BCUT2D eigenvalue weighted by atomic mass is 16.5. The Bertz CT molecular complexity index is 524. The van der Waals surface area contributed by atoms with Crippen LogP contribution in [0.1, 0.15) is 143 Å². The van der Waals surface area contributed by atoms with E-state index in [-0.39, 0.29) is 11.9 Å². The van der Waals surface area contributed by atoms with Gasteiger partial charge in [0, 0.05) is 13.3 Å². The third-order valence-corrected chi connectivity index (χ3v) is 6.06. The molecular weight excluding hydrogens is 424 g/mol. The zero-order valence-corrected chi connectivity index (χ0v) is 22.7. The molecule has 198 valence electrons. The average molecular weight is 479 g/mol. The van der Waals surface area contributed by atoms with Crippen LogP contribution in [0.5, 0.6) is 0 Å². The summed E-state index contributed by atoms with van der Waals surface area (Å²) < 4.78 is 10.2. The Morgan fingerprint density at radius 3 is 1.82 bits per heavy atom. The lowest BCUT2D eigenvalue weighted by Crippen LogP contribution is -2.06. The molecule has 0 aliphatic rings. The fraction of sp³-hybridized carbons (Fsp3) is 0.800. The third kappa shape index (κ3) is 26.7. The number of unbranched alkanes of at least 4 members (excludes halogenated alkanes) is 15. The van der Waals surface area contributed by atoms with Crippen molar-refractivity contribution in [3.05, 3.63) is 24.5 Å². The van der Waals surface area contributed by atoms with Crippen LogP contribution in [0.2, 0.25) is 0 Å². The molecule has 0 fully saturated rings. The smallest absolute Gasteiger partial charge is 0.310 e. The summed E-state index contributed by atoms with van der Waals surface area (Å²) in [6.07, 6.45) is 30.5. The summed E-state index contributed by atoms with van der Waals surface area (Å²) in [6, 6.07) is 0. The van der Waals surface area contributed by atoms with Crippen LogP contribution >= 0.6 is 0 Å². The minimum absolute atomic E-state index is 0.131. The van der Waals surface area contributed by atoms with Crippen LogP contribution in [-0.2, 0) is 19.1 Å². The number of esters is 2. The van der Waals surface area contributed by atoms with Crippen molar-refractivity contribution in [3.63, 3.8) is 0 Å². The highest BCUT2D eigenvalue weighted by molar-refractivity contribution is 5.70. The van der Waals surface area contributed by atoms with Crippen LogP contribution in [-0.4, -0.2) is 18.5 Å².